The van der Waals surface area contributed by atoms with E-state index < -0.39 is 25.4 Å². The Kier molecular flexibility index (Phi) is 7.12. The highest BCUT2D eigenvalue weighted by molar-refractivity contribution is 4.80. The normalized spacial score (nSPS) is 16.6. The highest BCUT2D eigenvalue weighted by Gasteiger charge is 2.20. The van der Waals surface area contributed by atoms with Crippen LogP contribution in [0, 0.1) is 0 Å². The molecule has 1 aliphatic rings. The summed E-state index contributed by atoms with van der Waals surface area (Å²) in [6.45, 7) is 0.792. The van der Waals surface area contributed by atoms with Gasteiger partial charge in [-0.25, -0.2) is 0 Å². The fraction of sp³-hybridized carbons (Fsp3) is 1.00. The molecule has 1 fully saturated rings. The van der Waals surface area contributed by atoms with E-state index in [1.54, 1.807) is 0 Å². The summed E-state index contributed by atoms with van der Waals surface area (Å²) >= 11 is 0. The van der Waals surface area contributed by atoms with Gasteiger partial charge in [0.05, 0.1) is 25.4 Å². The topological polar surface area (TPSA) is 95.9 Å². The van der Waals surface area contributed by atoms with Gasteiger partial charge in [-0.1, -0.05) is 0 Å². The molecule has 1 rings (SSSR count). The molecule has 0 aromatic rings. The fourth-order valence-corrected chi connectivity index (χ4v) is 0.660. The van der Waals surface area contributed by atoms with Crippen molar-refractivity contribution < 1.29 is 20.1 Å². The van der Waals surface area contributed by atoms with E-state index >= 15 is 0 Å². The lowest BCUT2D eigenvalue weighted by atomic mass is 10.1. The Labute approximate surface area is 78.1 Å². The zero-order valence-corrected chi connectivity index (χ0v) is 7.78. The summed E-state index contributed by atoms with van der Waals surface area (Å²) in [5, 5.41) is 25.0. The second-order valence-electron chi connectivity index (χ2n) is 3.16. The third kappa shape index (κ3) is 5.95. The van der Waals surface area contributed by atoms with Crippen LogP contribution in [0.25, 0.3) is 0 Å². The molecule has 1 saturated heterocycles. The molecule has 13 heavy (non-hydrogen) atoms. The van der Waals surface area contributed by atoms with Gasteiger partial charge in [0.1, 0.15) is 0 Å². The third-order valence-electron chi connectivity index (χ3n) is 1.77. The summed E-state index contributed by atoms with van der Waals surface area (Å²) in [6.07, 6.45) is 2.56. The summed E-state index contributed by atoms with van der Waals surface area (Å²) < 4.78 is 4.94. The first-order valence-electron chi connectivity index (χ1n) is 4.38. The van der Waals surface area contributed by atoms with Crippen molar-refractivity contribution in [2.75, 3.05) is 33.0 Å². The van der Waals surface area contributed by atoms with Gasteiger partial charge in [-0.3, -0.25) is 0 Å². The number of ether oxygens (including phenoxy) is 1. The van der Waals surface area contributed by atoms with Gasteiger partial charge >= 0.3 is 0 Å². The summed E-state index contributed by atoms with van der Waals surface area (Å²) in [7, 11) is 0. The molecular formula is C8H19NO4. The highest BCUT2D eigenvalue weighted by atomic mass is 16.5. The molecule has 0 saturated carbocycles. The molecule has 0 unspecified atom stereocenters. The maximum atomic E-state index is 8.34. The predicted octanol–water partition coefficient (Wildman–Crippen LogP) is -1.54. The predicted molar refractivity (Wildman–Crippen MR) is 48.2 cm³/mol. The lowest BCUT2D eigenvalue weighted by molar-refractivity contribution is 0.0698. The van der Waals surface area contributed by atoms with E-state index in [-0.39, 0.29) is 0 Å². The molecule has 0 amide bonds. The van der Waals surface area contributed by atoms with Crippen LogP contribution in [-0.2, 0) is 4.74 Å². The van der Waals surface area contributed by atoms with Crippen LogP contribution in [0.2, 0.25) is 0 Å². The van der Waals surface area contributed by atoms with Crippen molar-refractivity contribution >= 4 is 0 Å². The number of hydrogen-bond donors (Lipinski definition) is 4. The Bertz CT molecular complexity index is 96.8. The Balaban J connectivity index is 0.000000243. The lowest BCUT2D eigenvalue weighted by Gasteiger charge is -2.20. The molecule has 0 spiro atoms. The van der Waals surface area contributed by atoms with Crippen LogP contribution >= 0.6 is 0 Å². The molecule has 0 aromatic heterocycles. The Morgan fingerprint density at radius 2 is 1.38 bits per heavy atom. The van der Waals surface area contributed by atoms with Gasteiger partial charge in [-0.2, -0.15) is 0 Å². The van der Waals surface area contributed by atoms with E-state index in [0.29, 0.717) is 0 Å². The van der Waals surface area contributed by atoms with Crippen molar-refractivity contribution in [3.05, 3.63) is 0 Å². The van der Waals surface area contributed by atoms with Crippen molar-refractivity contribution in [2.45, 2.75) is 18.4 Å². The number of nitrogens with two attached hydrogens (primary N) is 1. The van der Waals surface area contributed by atoms with Crippen LogP contribution in [-0.4, -0.2) is 53.9 Å². The van der Waals surface area contributed by atoms with E-state index in [0.717, 1.165) is 13.2 Å². The van der Waals surface area contributed by atoms with E-state index in [2.05, 4.69) is 0 Å². The molecule has 0 radical (unpaired) electrons. The lowest BCUT2D eigenvalue weighted by Crippen LogP contribution is -2.50. The minimum Gasteiger partial charge on any atom is -0.394 e. The first-order chi connectivity index (χ1) is 6.18. The summed E-state index contributed by atoms with van der Waals surface area (Å²) in [5.74, 6) is 0. The minimum atomic E-state index is -1.21. The molecule has 0 atom stereocenters. The van der Waals surface area contributed by atoms with Crippen molar-refractivity contribution in [2.24, 2.45) is 5.73 Å². The molecule has 0 aliphatic carbocycles. The van der Waals surface area contributed by atoms with Crippen molar-refractivity contribution in [3.63, 3.8) is 0 Å². The highest BCUT2D eigenvalue weighted by Crippen LogP contribution is 1.98. The van der Waals surface area contributed by atoms with Crippen LogP contribution in [0.3, 0.4) is 0 Å². The number of aliphatic hydroxyl groups excluding tert-OH is 3. The average molecular weight is 193 g/mol. The zero-order valence-electron chi connectivity index (χ0n) is 7.78. The molecule has 0 bridgehead atoms. The van der Waals surface area contributed by atoms with Crippen molar-refractivity contribution in [1.82, 2.24) is 0 Å². The molecule has 1 aliphatic heterocycles. The fourth-order valence-electron chi connectivity index (χ4n) is 0.660. The molecule has 0 aromatic carbocycles. The molecular weight excluding hydrogens is 174 g/mol. The van der Waals surface area contributed by atoms with Crippen molar-refractivity contribution in [1.29, 1.82) is 0 Å². The SMILES string of the molecule is C1CCOC1.NC(CO)(CO)CO. The van der Waals surface area contributed by atoms with E-state index in [9.17, 15) is 0 Å². The van der Waals surface area contributed by atoms with Crippen LogP contribution in [0.5, 0.6) is 0 Å². The largest absolute Gasteiger partial charge is 0.394 e. The Morgan fingerprint density at radius 3 is 1.46 bits per heavy atom. The quantitative estimate of drug-likeness (QED) is 0.435. The third-order valence-corrected chi connectivity index (χ3v) is 1.77. The second-order valence-corrected chi connectivity index (χ2v) is 3.16. The van der Waals surface area contributed by atoms with Crippen molar-refractivity contribution in [3.8, 4) is 0 Å². The summed E-state index contributed by atoms with van der Waals surface area (Å²) in [5.41, 5.74) is 3.94. The molecule has 80 valence electrons. The van der Waals surface area contributed by atoms with Gasteiger partial charge in [0.15, 0.2) is 0 Å². The maximum Gasteiger partial charge on any atom is 0.0856 e. The van der Waals surface area contributed by atoms with Crippen LogP contribution in [0.15, 0.2) is 0 Å². The van der Waals surface area contributed by atoms with E-state index in [4.69, 9.17) is 25.8 Å². The smallest absolute Gasteiger partial charge is 0.0856 e. The monoisotopic (exact) mass is 193 g/mol. The standard InChI is InChI=1S/C4H11NO3.C4H8O/c5-4(1-6,2-7)3-8;1-2-4-5-3-1/h6-8H,1-3,5H2;1-4H2. The molecule has 5 N–H and O–H groups in total. The first kappa shape index (κ1) is 12.8. The average Bonchev–Trinajstić information content (AvgIpc) is 2.75. The Hall–Kier alpha value is -0.200. The maximum absolute atomic E-state index is 8.34. The van der Waals surface area contributed by atoms with Crippen LogP contribution in [0.4, 0.5) is 0 Å². The molecule has 1 heterocycles. The van der Waals surface area contributed by atoms with Crippen LogP contribution < -0.4 is 5.73 Å². The van der Waals surface area contributed by atoms with Gasteiger partial charge in [-0.15, -0.1) is 0 Å². The van der Waals surface area contributed by atoms with Gasteiger partial charge in [0, 0.05) is 13.2 Å². The number of hydrogen-bond acceptors (Lipinski definition) is 5. The van der Waals surface area contributed by atoms with E-state index in [1.165, 1.54) is 12.8 Å². The Morgan fingerprint density at radius 1 is 1.00 bits per heavy atom. The van der Waals surface area contributed by atoms with Crippen LogP contribution in [0.1, 0.15) is 12.8 Å². The van der Waals surface area contributed by atoms with Gasteiger partial charge in [0.25, 0.3) is 0 Å². The van der Waals surface area contributed by atoms with Gasteiger partial charge in [-0.05, 0) is 12.8 Å². The summed E-state index contributed by atoms with van der Waals surface area (Å²) in [4.78, 5) is 0. The van der Waals surface area contributed by atoms with Gasteiger partial charge in [0.2, 0.25) is 0 Å². The second kappa shape index (κ2) is 7.23. The summed E-state index contributed by atoms with van der Waals surface area (Å²) in [6, 6.07) is 0. The number of rotatable bonds is 3. The number of aliphatic hydroxyl groups is 3. The molecule has 5 nitrogen and oxygen atoms in total. The molecule has 5 heteroatoms. The zero-order chi connectivity index (χ0) is 10.2. The van der Waals surface area contributed by atoms with Gasteiger partial charge < -0.3 is 25.8 Å². The minimum absolute atomic E-state index is 0.403. The van der Waals surface area contributed by atoms with E-state index in [1.807, 2.05) is 0 Å². The first-order valence-corrected chi connectivity index (χ1v) is 4.38.